The number of hydrogen-bond donors (Lipinski definition) is 1. The van der Waals surface area contributed by atoms with Gasteiger partial charge in [0.1, 0.15) is 0 Å². The fourth-order valence-corrected chi connectivity index (χ4v) is 3.51. The summed E-state index contributed by atoms with van der Waals surface area (Å²) in [6.45, 7) is 12.2. The Labute approximate surface area is 205 Å². The van der Waals surface area contributed by atoms with Crippen LogP contribution in [0.3, 0.4) is 0 Å². The van der Waals surface area contributed by atoms with Crippen LogP contribution in [-0.2, 0) is 23.7 Å². The third-order valence-corrected chi connectivity index (χ3v) is 5.59. The molecule has 6 heteroatoms. The standard InChI is InChI=1S/C27H56O6/c1-5-6-7-8-9-10-11-12-13-14-15-16-18-30-22-25(2)32-24-27(4)33-23-26(3)31-21-20-29-19-17-28/h25-28H,5-24H2,1-4H3. The van der Waals surface area contributed by atoms with Crippen LogP contribution in [0.25, 0.3) is 0 Å². The Hall–Kier alpha value is -0.240. The number of ether oxygens (including phenoxy) is 5. The van der Waals surface area contributed by atoms with Crippen LogP contribution in [0.2, 0.25) is 0 Å². The lowest BCUT2D eigenvalue weighted by Crippen LogP contribution is -2.27. The van der Waals surface area contributed by atoms with Crippen LogP contribution in [0.5, 0.6) is 0 Å². The Kier molecular flexibility index (Phi) is 26.2. The summed E-state index contributed by atoms with van der Waals surface area (Å²) < 4.78 is 28.2. The van der Waals surface area contributed by atoms with Gasteiger partial charge in [-0.05, 0) is 27.2 Å². The van der Waals surface area contributed by atoms with Crippen LogP contribution in [0.15, 0.2) is 0 Å². The SMILES string of the molecule is CCCCCCCCCCCCCCOCC(C)OCC(C)OCC(C)OCCOCCO. The van der Waals surface area contributed by atoms with E-state index in [0.717, 1.165) is 13.0 Å². The van der Waals surface area contributed by atoms with Gasteiger partial charge in [0.05, 0.1) is 64.6 Å². The normalized spacial score (nSPS) is 14.5. The zero-order chi connectivity index (χ0) is 24.4. The lowest BCUT2D eigenvalue weighted by molar-refractivity contribution is -0.0847. The van der Waals surface area contributed by atoms with E-state index < -0.39 is 0 Å². The summed E-state index contributed by atoms with van der Waals surface area (Å²) in [5.41, 5.74) is 0. The van der Waals surface area contributed by atoms with E-state index in [-0.39, 0.29) is 24.9 Å². The molecule has 0 saturated carbocycles. The van der Waals surface area contributed by atoms with Crippen LogP contribution in [0.1, 0.15) is 105 Å². The number of aliphatic hydroxyl groups excluding tert-OH is 1. The third kappa shape index (κ3) is 26.2. The van der Waals surface area contributed by atoms with Crippen LogP contribution >= 0.6 is 0 Å². The molecule has 3 atom stereocenters. The second-order valence-electron chi connectivity index (χ2n) is 9.27. The predicted octanol–water partition coefficient (Wildman–Crippen LogP) is 5.93. The molecule has 0 aromatic rings. The van der Waals surface area contributed by atoms with Gasteiger partial charge in [-0.15, -0.1) is 0 Å². The van der Waals surface area contributed by atoms with Gasteiger partial charge >= 0.3 is 0 Å². The Morgan fingerprint density at radius 2 is 0.970 bits per heavy atom. The summed E-state index contributed by atoms with van der Waals surface area (Å²) in [5, 5.41) is 8.65. The van der Waals surface area contributed by atoms with Crippen LogP contribution in [0, 0.1) is 0 Å². The van der Waals surface area contributed by atoms with Crippen molar-refractivity contribution < 1.29 is 28.8 Å². The fraction of sp³-hybridized carbons (Fsp3) is 1.00. The van der Waals surface area contributed by atoms with E-state index in [2.05, 4.69) is 6.92 Å². The molecule has 3 unspecified atom stereocenters. The quantitative estimate of drug-likeness (QED) is 0.148. The van der Waals surface area contributed by atoms with Gasteiger partial charge < -0.3 is 28.8 Å². The summed E-state index contributed by atoms with van der Waals surface area (Å²) >= 11 is 0. The van der Waals surface area contributed by atoms with Gasteiger partial charge in [-0.25, -0.2) is 0 Å². The molecule has 0 aliphatic carbocycles. The molecular weight excluding hydrogens is 420 g/mol. The maximum atomic E-state index is 8.65. The molecule has 0 rings (SSSR count). The van der Waals surface area contributed by atoms with Gasteiger partial charge in [-0.3, -0.25) is 0 Å². The van der Waals surface area contributed by atoms with Crippen molar-refractivity contribution in [3.63, 3.8) is 0 Å². The average molecular weight is 477 g/mol. The van der Waals surface area contributed by atoms with Gasteiger partial charge in [0.25, 0.3) is 0 Å². The summed E-state index contributed by atoms with van der Waals surface area (Å²) in [6.07, 6.45) is 16.4. The lowest BCUT2D eigenvalue weighted by atomic mass is 10.1. The zero-order valence-electron chi connectivity index (χ0n) is 22.4. The number of aliphatic hydroxyl groups is 1. The minimum Gasteiger partial charge on any atom is -0.394 e. The highest BCUT2D eigenvalue weighted by Gasteiger charge is 2.10. The number of hydrogen-bond acceptors (Lipinski definition) is 6. The smallest absolute Gasteiger partial charge is 0.0781 e. The van der Waals surface area contributed by atoms with Crippen molar-refractivity contribution in [3.05, 3.63) is 0 Å². The lowest BCUT2D eigenvalue weighted by Gasteiger charge is -2.20. The summed E-state index contributed by atoms with van der Waals surface area (Å²) in [4.78, 5) is 0. The van der Waals surface area contributed by atoms with Crippen molar-refractivity contribution in [1.82, 2.24) is 0 Å². The number of rotatable bonds is 27. The van der Waals surface area contributed by atoms with Gasteiger partial charge in [-0.1, -0.05) is 77.6 Å². The first kappa shape index (κ1) is 32.8. The van der Waals surface area contributed by atoms with Crippen molar-refractivity contribution >= 4 is 0 Å². The van der Waals surface area contributed by atoms with E-state index in [1.165, 1.54) is 70.6 Å². The number of unbranched alkanes of at least 4 members (excludes halogenated alkanes) is 11. The van der Waals surface area contributed by atoms with E-state index in [4.69, 9.17) is 28.8 Å². The van der Waals surface area contributed by atoms with E-state index in [1.54, 1.807) is 0 Å². The van der Waals surface area contributed by atoms with Gasteiger partial charge in [0.15, 0.2) is 0 Å². The molecule has 33 heavy (non-hydrogen) atoms. The summed E-state index contributed by atoms with van der Waals surface area (Å²) in [5.74, 6) is 0. The maximum Gasteiger partial charge on any atom is 0.0781 e. The molecule has 0 aliphatic rings. The fourth-order valence-electron chi connectivity index (χ4n) is 3.51. The minimum absolute atomic E-state index is 0.00137. The second-order valence-corrected chi connectivity index (χ2v) is 9.27. The highest BCUT2D eigenvalue weighted by Crippen LogP contribution is 2.12. The molecule has 0 aromatic heterocycles. The van der Waals surface area contributed by atoms with E-state index >= 15 is 0 Å². The molecule has 0 heterocycles. The zero-order valence-corrected chi connectivity index (χ0v) is 22.4. The molecule has 0 spiro atoms. The molecule has 0 aromatic carbocycles. The first-order valence-electron chi connectivity index (χ1n) is 13.7. The molecule has 6 nitrogen and oxygen atoms in total. The van der Waals surface area contributed by atoms with E-state index in [9.17, 15) is 0 Å². The molecule has 0 aliphatic heterocycles. The topological polar surface area (TPSA) is 66.4 Å². The predicted molar refractivity (Wildman–Crippen MR) is 136 cm³/mol. The van der Waals surface area contributed by atoms with Gasteiger partial charge in [0.2, 0.25) is 0 Å². The highest BCUT2D eigenvalue weighted by atomic mass is 16.6. The molecule has 0 fully saturated rings. The minimum atomic E-state index is 0.00137. The average Bonchev–Trinajstić information content (AvgIpc) is 2.81. The van der Waals surface area contributed by atoms with Crippen molar-refractivity contribution in [2.45, 2.75) is 123 Å². The second kappa shape index (κ2) is 26.4. The Morgan fingerprint density at radius 1 is 0.485 bits per heavy atom. The maximum absolute atomic E-state index is 8.65. The Balaban J connectivity index is 3.37. The van der Waals surface area contributed by atoms with Crippen molar-refractivity contribution in [1.29, 1.82) is 0 Å². The van der Waals surface area contributed by atoms with Gasteiger partial charge in [0, 0.05) is 6.61 Å². The highest BCUT2D eigenvalue weighted by molar-refractivity contribution is 4.56. The molecule has 0 bridgehead atoms. The van der Waals surface area contributed by atoms with Crippen molar-refractivity contribution in [2.24, 2.45) is 0 Å². The third-order valence-electron chi connectivity index (χ3n) is 5.59. The van der Waals surface area contributed by atoms with Crippen LogP contribution in [0.4, 0.5) is 0 Å². The van der Waals surface area contributed by atoms with Crippen LogP contribution < -0.4 is 0 Å². The van der Waals surface area contributed by atoms with Gasteiger partial charge in [-0.2, -0.15) is 0 Å². The van der Waals surface area contributed by atoms with Crippen LogP contribution in [-0.4, -0.2) is 76.3 Å². The Morgan fingerprint density at radius 3 is 1.52 bits per heavy atom. The summed E-state index contributed by atoms with van der Waals surface area (Å²) in [7, 11) is 0. The van der Waals surface area contributed by atoms with Crippen molar-refractivity contribution in [2.75, 3.05) is 52.9 Å². The molecule has 0 radical (unpaired) electrons. The molecule has 200 valence electrons. The van der Waals surface area contributed by atoms with E-state index in [1.807, 2.05) is 20.8 Å². The molecule has 1 N–H and O–H groups in total. The largest absolute Gasteiger partial charge is 0.394 e. The Bertz CT molecular complexity index is 369. The molecular formula is C27H56O6. The summed E-state index contributed by atoms with van der Waals surface area (Å²) in [6, 6.07) is 0. The molecule has 0 amide bonds. The monoisotopic (exact) mass is 476 g/mol. The van der Waals surface area contributed by atoms with E-state index in [0.29, 0.717) is 39.6 Å². The van der Waals surface area contributed by atoms with Crippen molar-refractivity contribution in [3.8, 4) is 0 Å². The molecule has 0 saturated heterocycles. The first-order valence-corrected chi connectivity index (χ1v) is 13.7. The first-order chi connectivity index (χ1) is 16.1.